The summed E-state index contributed by atoms with van der Waals surface area (Å²) in [6.07, 6.45) is 2.36. The zero-order valence-corrected chi connectivity index (χ0v) is 11.2. The summed E-state index contributed by atoms with van der Waals surface area (Å²) in [6, 6.07) is 3.18. The smallest absolute Gasteiger partial charge is 0.407 e. The summed E-state index contributed by atoms with van der Waals surface area (Å²) in [4.78, 5) is 11.3. The van der Waals surface area contributed by atoms with Crippen LogP contribution in [0.2, 0.25) is 0 Å². The van der Waals surface area contributed by atoms with Gasteiger partial charge in [-0.15, -0.1) is 0 Å². The van der Waals surface area contributed by atoms with Gasteiger partial charge in [-0.25, -0.2) is 13.6 Å². The lowest BCUT2D eigenvalue weighted by atomic mass is 10.2. The lowest BCUT2D eigenvalue weighted by Crippen LogP contribution is -2.32. The SMILES string of the molecule is CC(C)(C)OC(=O)NCC=Cc1cc(F)ccc1F. The Labute approximate surface area is 111 Å². The normalized spacial score (nSPS) is 11.6. The second kappa shape index (κ2) is 6.31. The summed E-state index contributed by atoms with van der Waals surface area (Å²) < 4.78 is 31.1. The maximum absolute atomic E-state index is 13.2. The fraction of sp³-hybridized carbons (Fsp3) is 0.357. The fourth-order valence-electron chi connectivity index (χ4n) is 1.28. The molecule has 1 aromatic carbocycles. The number of rotatable bonds is 3. The highest BCUT2D eigenvalue weighted by Gasteiger charge is 2.14. The van der Waals surface area contributed by atoms with Crippen LogP contribution >= 0.6 is 0 Å². The van der Waals surface area contributed by atoms with Gasteiger partial charge < -0.3 is 10.1 Å². The number of amides is 1. The van der Waals surface area contributed by atoms with Gasteiger partial charge in [0.2, 0.25) is 0 Å². The van der Waals surface area contributed by atoms with Gasteiger partial charge in [-0.05, 0) is 39.0 Å². The molecule has 0 heterocycles. The fourth-order valence-corrected chi connectivity index (χ4v) is 1.28. The predicted octanol–water partition coefficient (Wildman–Crippen LogP) is 3.50. The van der Waals surface area contributed by atoms with E-state index in [1.165, 1.54) is 12.2 Å². The van der Waals surface area contributed by atoms with Crippen molar-refractivity contribution in [3.8, 4) is 0 Å². The van der Waals surface area contributed by atoms with Crippen LogP contribution in [-0.2, 0) is 4.74 Å². The summed E-state index contributed by atoms with van der Waals surface area (Å²) in [6.45, 7) is 5.44. The molecule has 0 fully saturated rings. The molecule has 0 atom stereocenters. The second-order valence-electron chi connectivity index (χ2n) is 4.95. The van der Waals surface area contributed by atoms with E-state index in [1.54, 1.807) is 20.8 Å². The van der Waals surface area contributed by atoms with Crippen molar-refractivity contribution in [2.75, 3.05) is 6.54 Å². The third kappa shape index (κ3) is 5.99. The minimum absolute atomic E-state index is 0.131. The third-order valence-corrected chi connectivity index (χ3v) is 2.02. The van der Waals surface area contributed by atoms with Crippen LogP contribution in [0.5, 0.6) is 0 Å². The number of benzene rings is 1. The lowest BCUT2D eigenvalue weighted by Gasteiger charge is -2.19. The van der Waals surface area contributed by atoms with Crippen molar-refractivity contribution in [3.63, 3.8) is 0 Å². The van der Waals surface area contributed by atoms with Crippen LogP contribution in [-0.4, -0.2) is 18.2 Å². The lowest BCUT2D eigenvalue weighted by molar-refractivity contribution is 0.0534. The topological polar surface area (TPSA) is 38.3 Å². The first-order valence-electron chi connectivity index (χ1n) is 5.86. The third-order valence-electron chi connectivity index (χ3n) is 2.02. The number of nitrogens with one attached hydrogen (secondary N) is 1. The average molecular weight is 269 g/mol. The van der Waals surface area contributed by atoms with Crippen LogP contribution in [0.3, 0.4) is 0 Å². The van der Waals surface area contributed by atoms with Gasteiger partial charge in [-0.2, -0.15) is 0 Å². The quantitative estimate of drug-likeness (QED) is 0.912. The first-order chi connectivity index (χ1) is 8.78. The molecule has 0 unspecified atom stereocenters. The van der Waals surface area contributed by atoms with E-state index in [4.69, 9.17) is 4.74 Å². The second-order valence-corrected chi connectivity index (χ2v) is 4.95. The first kappa shape index (κ1) is 15.1. The molecule has 0 spiro atoms. The predicted molar refractivity (Wildman–Crippen MR) is 69.6 cm³/mol. The number of halogens is 2. The van der Waals surface area contributed by atoms with E-state index in [-0.39, 0.29) is 12.1 Å². The summed E-state index contributed by atoms with van der Waals surface area (Å²) in [5, 5.41) is 2.48. The van der Waals surface area contributed by atoms with E-state index in [9.17, 15) is 13.6 Å². The highest BCUT2D eigenvalue weighted by atomic mass is 19.1. The Kier molecular flexibility index (Phi) is 5.03. The molecule has 19 heavy (non-hydrogen) atoms. The Bertz CT molecular complexity index is 479. The minimum atomic E-state index is -0.567. The Morgan fingerprint density at radius 2 is 2.05 bits per heavy atom. The van der Waals surface area contributed by atoms with E-state index in [0.29, 0.717) is 0 Å². The van der Waals surface area contributed by atoms with Crippen molar-refractivity contribution in [1.82, 2.24) is 5.32 Å². The van der Waals surface area contributed by atoms with E-state index < -0.39 is 23.3 Å². The maximum atomic E-state index is 13.2. The molecule has 5 heteroatoms. The van der Waals surface area contributed by atoms with Gasteiger partial charge in [0.15, 0.2) is 0 Å². The van der Waals surface area contributed by atoms with Crippen LogP contribution < -0.4 is 5.32 Å². The van der Waals surface area contributed by atoms with E-state index in [2.05, 4.69) is 5.32 Å². The standard InChI is InChI=1S/C14H17F2NO2/c1-14(2,3)19-13(18)17-8-4-5-10-9-11(15)6-7-12(10)16/h4-7,9H,8H2,1-3H3,(H,17,18). The van der Waals surface area contributed by atoms with Gasteiger partial charge in [0.25, 0.3) is 0 Å². The molecule has 0 radical (unpaired) electrons. The molecule has 1 N–H and O–H groups in total. The molecule has 0 saturated carbocycles. The van der Waals surface area contributed by atoms with Gasteiger partial charge in [0.1, 0.15) is 17.2 Å². The molecule has 0 aromatic heterocycles. The van der Waals surface area contributed by atoms with E-state index in [1.807, 2.05) is 0 Å². The largest absolute Gasteiger partial charge is 0.444 e. The summed E-state index contributed by atoms with van der Waals surface area (Å²) in [5.41, 5.74) is -0.436. The molecular formula is C14H17F2NO2. The zero-order valence-electron chi connectivity index (χ0n) is 11.2. The Hall–Kier alpha value is -1.91. The Morgan fingerprint density at radius 3 is 2.68 bits per heavy atom. The molecule has 0 bridgehead atoms. The van der Waals surface area contributed by atoms with Crippen molar-refractivity contribution < 1.29 is 18.3 Å². The first-order valence-corrected chi connectivity index (χ1v) is 5.86. The van der Waals surface area contributed by atoms with Gasteiger partial charge >= 0.3 is 6.09 Å². The van der Waals surface area contributed by atoms with Gasteiger partial charge in [0.05, 0.1) is 0 Å². The summed E-state index contributed by atoms with van der Waals surface area (Å²) >= 11 is 0. The molecule has 3 nitrogen and oxygen atoms in total. The molecular weight excluding hydrogens is 252 g/mol. The van der Waals surface area contributed by atoms with Crippen molar-refractivity contribution >= 4 is 12.2 Å². The minimum Gasteiger partial charge on any atom is -0.444 e. The molecule has 1 rings (SSSR count). The van der Waals surface area contributed by atoms with Crippen LogP contribution in [0.15, 0.2) is 24.3 Å². The number of carbonyl (C=O) groups excluding carboxylic acids is 1. The monoisotopic (exact) mass is 269 g/mol. The molecule has 1 amide bonds. The highest BCUT2D eigenvalue weighted by Crippen LogP contribution is 2.11. The maximum Gasteiger partial charge on any atom is 0.407 e. The molecule has 0 aliphatic heterocycles. The van der Waals surface area contributed by atoms with Crippen molar-refractivity contribution in [2.45, 2.75) is 26.4 Å². The average Bonchev–Trinajstić information content (AvgIpc) is 2.26. The molecule has 0 aliphatic rings. The molecule has 104 valence electrons. The van der Waals surface area contributed by atoms with Crippen LogP contribution in [0.1, 0.15) is 26.3 Å². The molecule has 1 aromatic rings. The van der Waals surface area contributed by atoms with Gasteiger partial charge in [0, 0.05) is 12.1 Å². The van der Waals surface area contributed by atoms with Gasteiger partial charge in [-0.1, -0.05) is 12.2 Å². The molecule has 0 aliphatic carbocycles. The Balaban J connectivity index is 2.47. The number of carbonyl (C=O) groups is 1. The van der Waals surface area contributed by atoms with Crippen LogP contribution in [0.4, 0.5) is 13.6 Å². The number of hydrogen-bond acceptors (Lipinski definition) is 2. The summed E-state index contributed by atoms with van der Waals surface area (Å²) in [7, 11) is 0. The Morgan fingerprint density at radius 1 is 1.37 bits per heavy atom. The van der Waals surface area contributed by atoms with Crippen molar-refractivity contribution in [1.29, 1.82) is 0 Å². The van der Waals surface area contributed by atoms with Crippen molar-refractivity contribution in [2.24, 2.45) is 0 Å². The number of ether oxygens (including phenoxy) is 1. The number of hydrogen-bond donors (Lipinski definition) is 1. The van der Waals surface area contributed by atoms with Crippen LogP contribution in [0, 0.1) is 11.6 Å². The number of alkyl carbamates (subject to hydrolysis) is 1. The van der Waals surface area contributed by atoms with Crippen LogP contribution in [0.25, 0.3) is 6.08 Å². The van der Waals surface area contributed by atoms with E-state index >= 15 is 0 Å². The molecule has 0 saturated heterocycles. The highest BCUT2D eigenvalue weighted by molar-refractivity contribution is 5.68. The van der Waals surface area contributed by atoms with Crippen molar-refractivity contribution in [3.05, 3.63) is 41.5 Å². The van der Waals surface area contributed by atoms with E-state index in [0.717, 1.165) is 18.2 Å². The zero-order chi connectivity index (χ0) is 14.5. The summed E-state index contributed by atoms with van der Waals surface area (Å²) in [5.74, 6) is -1.03. The van der Waals surface area contributed by atoms with Gasteiger partial charge in [-0.3, -0.25) is 0 Å².